The molecule has 35 heavy (non-hydrogen) atoms. The molecule has 0 heterocycles. The van der Waals surface area contributed by atoms with Crippen LogP contribution in [0, 0.1) is 0 Å². The van der Waals surface area contributed by atoms with Crippen molar-refractivity contribution in [3.8, 4) is 0 Å². The van der Waals surface area contributed by atoms with Gasteiger partial charge in [0, 0.05) is 0 Å². The van der Waals surface area contributed by atoms with E-state index in [9.17, 15) is 0 Å². The van der Waals surface area contributed by atoms with Crippen molar-refractivity contribution >= 4 is 31.0 Å². The predicted octanol–water partition coefficient (Wildman–Crippen LogP) is 8.36. The Morgan fingerprint density at radius 1 is 0.686 bits per heavy atom. The molecule has 2 aromatic carbocycles. The van der Waals surface area contributed by atoms with Crippen LogP contribution in [0.15, 0.2) is 116 Å². The van der Waals surface area contributed by atoms with Gasteiger partial charge in [0.05, 0.1) is 0 Å². The second-order valence-electron chi connectivity index (χ2n) is 8.95. The minimum atomic E-state index is -0.312. The summed E-state index contributed by atoms with van der Waals surface area (Å²) in [6.07, 6.45) is 24.3. The molecule has 0 unspecified atom stereocenters. The van der Waals surface area contributed by atoms with Gasteiger partial charge < -0.3 is 0 Å². The van der Waals surface area contributed by atoms with Crippen LogP contribution in [0.3, 0.4) is 0 Å². The van der Waals surface area contributed by atoms with Gasteiger partial charge in [-0.25, -0.2) is 0 Å². The van der Waals surface area contributed by atoms with Crippen molar-refractivity contribution in [3.63, 3.8) is 0 Å². The van der Waals surface area contributed by atoms with Gasteiger partial charge in [0.1, 0.15) is 0 Å². The van der Waals surface area contributed by atoms with Crippen LogP contribution in [0.1, 0.15) is 51.7 Å². The number of benzene rings is 2. The van der Waals surface area contributed by atoms with Crippen LogP contribution in [0.25, 0.3) is 12.2 Å². The normalized spacial score (nSPS) is 14.3. The Bertz CT molecular complexity index is 944. The molecule has 1 nitrogen and oxygen atoms in total. The number of rotatable bonds is 7. The van der Waals surface area contributed by atoms with E-state index in [1.54, 1.807) is 25.4 Å². The van der Waals surface area contributed by atoms with E-state index in [4.69, 9.17) is 0 Å². The third-order valence-corrected chi connectivity index (χ3v) is 11.2. The van der Waals surface area contributed by atoms with Crippen LogP contribution < -0.4 is 0 Å². The van der Waals surface area contributed by atoms with Crippen molar-refractivity contribution in [1.29, 1.82) is 0 Å². The van der Waals surface area contributed by atoms with E-state index in [2.05, 4.69) is 116 Å². The zero-order chi connectivity index (χ0) is 25.3. The van der Waals surface area contributed by atoms with Gasteiger partial charge >= 0.3 is 141 Å². The van der Waals surface area contributed by atoms with Gasteiger partial charge in [0.25, 0.3) is 0 Å². The molecule has 3 heteroatoms. The summed E-state index contributed by atoms with van der Waals surface area (Å²) < 4.78 is 5.85. The van der Waals surface area contributed by atoms with E-state index in [1.165, 1.54) is 24.0 Å². The molecule has 0 atom stereocenters. The Kier molecular flexibility index (Phi) is 15.0. The van der Waals surface area contributed by atoms with E-state index in [0.717, 1.165) is 0 Å². The third kappa shape index (κ3) is 13.3. The average Bonchev–Trinajstić information content (AvgIpc) is 3.58. The summed E-state index contributed by atoms with van der Waals surface area (Å²) >= 11 is 1.41. The van der Waals surface area contributed by atoms with Gasteiger partial charge in [-0.1, -0.05) is 85.0 Å². The molecular weight excluding hydrogens is 559 g/mol. The van der Waals surface area contributed by atoms with Gasteiger partial charge in [-0.05, 0) is 11.1 Å². The molecule has 0 saturated carbocycles. The first-order valence-corrected chi connectivity index (χ1v) is 16.0. The fourth-order valence-electron chi connectivity index (χ4n) is 3.34. The van der Waals surface area contributed by atoms with Gasteiger partial charge in [-0.15, -0.1) is 0 Å². The summed E-state index contributed by atoms with van der Waals surface area (Å²) in [6, 6.07) is 22.0. The van der Waals surface area contributed by atoms with Crippen molar-refractivity contribution in [2.75, 3.05) is 0 Å². The van der Waals surface area contributed by atoms with Crippen LogP contribution in [0.2, 0.25) is 0 Å². The van der Waals surface area contributed by atoms with Crippen molar-refractivity contribution < 1.29 is 23.2 Å². The molecule has 2 aromatic rings. The zero-order valence-corrected chi connectivity index (χ0v) is 26.5. The Hall–Kier alpha value is -1.64. The van der Waals surface area contributed by atoms with Gasteiger partial charge in [0.15, 0.2) is 0 Å². The van der Waals surface area contributed by atoms with E-state index < -0.39 is 0 Å². The first kappa shape index (κ1) is 29.6. The van der Waals surface area contributed by atoms with Crippen LogP contribution in [0.5, 0.6) is 0 Å². The Balaban J connectivity index is 0.000000198. The Labute approximate surface area is 235 Å². The van der Waals surface area contributed by atoms with Crippen LogP contribution >= 0.6 is 0 Å². The molecule has 0 bridgehead atoms. The van der Waals surface area contributed by atoms with Crippen molar-refractivity contribution in [1.82, 2.24) is 3.61 Å². The monoisotopic (exact) mass is 595 g/mol. The SMILES string of the molecule is C(C=Cc1ccccc1)=Cc1ccccc1.C1=CC[C]([Zr][C]2=CC=CC2)=C1.CC(C)[N]([Ga])C(C)C. The molecule has 2 radical (unpaired) electrons. The summed E-state index contributed by atoms with van der Waals surface area (Å²) in [4.78, 5) is 0. The molecule has 0 amide bonds. The quantitative estimate of drug-likeness (QED) is 0.229. The molecular formula is C32H38GaNZr. The van der Waals surface area contributed by atoms with E-state index in [0.29, 0.717) is 12.1 Å². The standard InChI is InChI=1S/C16H14.C6H14N.2C5H5.Ga.Zr/c1-3-9-15(10-4-1)13-7-8-14-16-11-5-2-6-12-16;1-5(2)7-6(3)4;2*1-2-4-5-3-1;;/h1-14H;5-6H,1-4H3;2*1-3H,4H2;;/q;-1;;;+1;. The second-order valence-corrected chi connectivity index (χ2v) is 14.0. The van der Waals surface area contributed by atoms with Crippen LogP contribution in [-0.4, -0.2) is 34.5 Å². The van der Waals surface area contributed by atoms with Crippen molar-refractivity contribution in [2.24, 2.45) is 0 Å². The topological polar surface area (TPSA) is 3.24 Å². The van der Waals surface area contributed by atoms with Crippen LogP contribution in [0.4, 0.5) is 0 Å². The molecule has 2 aliphatic carbocycles. The van der Waals surface area contributed by atoms with Gasteiger partial charge in [-0.2, -0.15) is 0 Å². The average molecular weight is 598 g/mol. The zero-order valence-electron chi connectivity index (χ0n) is 21.6. The fourth-order valence-corrected chi connectivity index (χ4v) is 6.32. The Morgan fingerprint density at radius 3 is 1.37 bits per heavy atom. The Morgan fingerprint density at radius 2 is 1.09 bits per heavy atom. The predicted molar refractivity (Wildman–Crippen MR) is 152 cm³/mol. The summed E-state index contributed by atoms with van der Waals surface area (Å²) in [7, 11) is 0. The van der Waals surface area contributed by atoms with E-state index in [1.807, 2.05) is 36.4 Å². The van der Waals surface area contributed by atoms with Crippen molar-refractivity contribution in [3.05, 3.63) is 127 Å². The minimum absolute atomic E-state index is 0.312. The second kappa shape index (κ2) is 17.7. The molecule has 178 valence electrons. The summed E-state index contributed by atoms with van der Waals surface area (Å²) in [5.74, 6) is 0. The maximum atomic E-state index is 2.40. The molecule has 0 spiro atoms. The fraction of sp³-hybridized carbons (Fsp3) is 0.250. The number of hydrogen-bond acceptors (Lipinski definition) is 1. The molecule has 0 N–H and O–H groups in total. The summed E-state index contributed by atoms with van der Waals surface area (Å²) in [5.41, 5.74) is 2.44. The number of hydrogen-bond donors (Lipinski definition) is 0. The van der Waals surface area contributed by atoms with Gasteiger partial charge in [0.2, 0.25) is 0 Å². The molecule has 0 saturated heterocycles. The van der Waals surface area contributed by atoms with E-state index >= 15 is 0 Å². The van der Waals surface area contributed by atoms with Crippen molar-refractivity contribution in [2.45, 2.75) is 52.6 Å². The number of nitrogens with zero attached hydrogens (tertiary/aromatic N) is 1. The number of allylic oxidation sites excluding steroid dienone is 10. The van der Waals surface area contributed by atoms with Gasteiger partial charge in [-0.3, -0.25) is 0 Å². The van der Waals surface area contributed by atoms with E-state index in [-0.39, 0.29) is 23.2 Å². The first-order valence-electron chi connectivity index (χ1n) is 12.4. The molecule has 0 fully saturated rings. The molecule has 4 rings (SSSR count). The molecule has 2 aliphatic rings. The summed E-state index contributed by atoms with van der Waals surface area (Å²) in [6.45, 7) is 8.90. The van der Waals surface area contributed by atoms with Crippen LogP contribution in [-0.2, 0) is 23.2 Å². The third-order valence-electron chi connectivity index (χ3n) is 5.34. The maximum absolute atomic E-state index is 2.40. The summed E-state index contributed by atoms with van der Waals surface area (Å²) in [5, 5.41) is 0. The molecule has 0 aromatic heterocycles. The molecule has 0 aliphatic heterocycles. The first-order chi connectivity index (χ1) is 17.0.